The van der Waals surface area contributed by atoms with Crippen LogP contribution < -0.4 is 5.73 Å². The predicted molar refractivity (Wildman–Crippen MR) is 59.1 cm³/mol. The molecule has 15 heavy (non-hydrogen) atoms. The van der Waals surface area contributed by atoms with Gasteiger partial charge in [0.05, 0.1) is 22.8 Å². The van der Waals surface area contributed by atoms with E-state index in [0.717, 1.165) is 5.56 Å². The minimum absolute atomic E-state index is 0.0375. The van der Waals surface area contributed by atoms with E-state index in [0.29, 0.717) is 23.2 Å². The summed E-state index contributed by atoms with van der Waals surface area (Å²) in [7, 11) is 0. The van der Waals surface area contributed by atoms with E-state index in [1.165, 1.54) is 0 Å². The lowest BCUT2D eigenvalue weighted by molar-refractivity contribution is -0.0585. The number of hydrogen-bond acceptors (Lipinski definition) is 3. The molecule has 0 saturated carbocycles. The summed E-state index contributed by atoms with van der Waals surface area (Å²) in [6, 6.07) is 5.30. The SMILES string of the molecule is NCC1COC(c2ccc(Cl)c(Cl)c2)O1. The third kappa shape index (κ3) is 2.44. The fourth-order valence-corrected chi connectivity index (χ4v) is 1.71. The van der Waals surface area contributed by atoms with Gasteiger partial charge in [-0.1, -0.05) is 29.3 Å². The molecule has 1 aromatic carbocycles. The van der Waals surface area contributed by atoms with Gasteiger partial charge in [0.15, 0.2) is 6.29 Å². The molecule has 5 heteroatoms. The van der Waals surface area contributed by atoms with Gasteiger partial charge < -0.3 is 15.2 Å². The maximum Gasteiger partial charge on any atom is 0.184 e. The van der Waals surface area contributed by atoms with Crippen molar-refractivity contribution in [2.45, 2.75) is 12.4 Å². The first-order valence-corrected chi connectivity index (χ1v) is 5.38. The van der Waals surface area contributed by atoms with Crippen LogP contribution in [0, 0.1) is 0 Å². The zero-order valence-corrected chi connectivity index (χ0v) is 9.46. The highest BCUT2D eigenvalue weighted by Crippen LogP contribution is 2.31. The van der Waals surface area contributed by atoms with E-state index in [1.54, 1.807) is 12.1 Å². The average Bonchev–Trinajstić information content (AvgIpc) is 2.70. The molecule has 1 aromatic rings. The molecule has 0 spiro atoms. The van der Waals surface area contributed by atoms with Crippen LogP contribution in [-0.2, 0) is 9.47 Å². The summed E-state index contributed by atoms with van der Waals surface area (Å²) in [6.07, 6.45) is -0.419. The highest BCUT2D eigenvalue weighted by atomic mass is 35.5. The van der Waals surface area contributed by atoms with Gasteiger partial charge in [-0.25, -0.2) is 0 Å². The molecular formula is C10H11Cl2NO2. The van der Waals surface area contributed by atoms with Crippen LogP contribution in [0.25, 0.3) is 0 Å². The van der Waals surface area contributed by atoms with Gasteiger partial charge in [-0.2, -0.15) is 0 Å². The van der Waals surface area contributed by atoms with Crippen molar-refractivity contribution in [2.24, 2.45) is 5.73 Å². The Morgan fingerprint density at radius 3 is 2.73 bits per heavy atom. The molecule has 0 aliphatic carbocycles. The van der Waals surface area contributed by atoms with Crippen LogP contribution in [0.2, 0.25) is 10.0 Å². The highest BCUT2D eigenvalue weighted by Gasteiger charge is 2.26. The van der Waals surface area contributed by atoms with E-state index in [2.05, 4.69) is 0 Å². The molecule has 1 aliphatic heterocycles. The fraction of sp³-hybridized carbons (Fsp3) is 0.400. The van der Waals surface area contributed by atoms with Crippen molar-refractivity contribution in [1.29, 1.82) is 0 Å². The van der Waals surface area contributed by atoms with Crippen LogP contribution in [0.4, 0.5) is 0 Å². The summed E-state index contributed by atoms with van der Waals surface area (Å²) >= 11 is 11.7. The van der Waals surface area contributed by atoms with Crippen LogP contribution in [0.1, 0.15) is 11.9 Å². The molecule has 3 nitrogen and oxygen atoms in total. The largest absolute Gasteiger partial charge is 0.346 e. The first-order valence-electron chi connectivity index (χ1n) is 4.63. The molecule has 1 heterocycles. The molecule has 0 aromatic heterocycles. The second-order valence-electron chi connectivity index (χ2n) is 3.33. The third-order valence-electron chi connectivity index (χ3n) is 2.23. The molecule has 1 saturated heterocycles. The number of nitrogens with two attached hydrogens (primary N) is 1. The summed E-state index contributed by atoms with van der Waals surface area (Å²) in [6.45, 7) is 0.971. The average molecular weight is 248 g/mol. The molecule has 2 rings (SSSR count). The Hall–Kier alpha value is -0.320. The molecule has 2 unspecified atom stereocenters. The van der Waals surface area contributed by atoms with Crippen molar-refractivity contribution < 1.29 is 9.47 Å². The first kappa shape index (κ1) is 11.2. The van der Waals surface area contributed by atoms with Crippen LogP contribution >= 0.6 is 23.2 Å². The zero-order chi connectivity index (χ0) is 10.8. The number of benzene rings is 1. The maximum atomic E-state index is 5.89. The number of halogens is 2. The molecule has 1 aliphatic rings. The van der Waals surface area contributed by atoms with Gasteiger partial charge in [0.2, 0.25) is 0 Å². The Kier molecular flexibility index (Phi) is 3.49. The Morgan fingerprint density at radius 1 is 1.33 bits per heavy atom. The van der Waals surface area contributed by atoms with Gasteiger partial charge >= 0.3 is 0 Å². The van der Waals surface area contributed by atoms with Crippen molar-refractivity contribution >= 4 is 23.2 Å². The van der Waals surface area contributed by atoms with Crippen molar-refractivity contribution in [2.75, 3.05) is 13.2 Å². The summed E-state index contributed by atoms with van der Waals surface area (Å²) in [5.41, 5.74) is 6.34. The van der Waals surface area contributed by atoms with E-state index >= 15 is 0 Å². The normalized spacial score (nSPS) is 25.8. The quantitative estimate of drug-likeness (QED) is 0.873. The molecule has 2 atom stereocenters. The Morgan fingerprint density at radius 2 is 2.13 bits per heavy atom. The molecule has 82 valence electrons. The van der Waals surface area contributed by atoms with Gasteiger partial charge in [0.1, 0.15) is 0 Å². The topological polar surface area (TPSA) is 44.5 Å². The summed E-state index contributed by atoms with van der Waals surface area (Å²) < 4.78 is 11.0. The van der Waals surface area contributed by atoms with Gasteiger partial charge in [-0.3, -0.25) is 0 Å². The molecule has 0 bridgehead atoms. The number of ether oxygens (including phenoxy) is 2. The summed E-state index contributed by atoms with van der Waals surface area (Å²) in [5, 5.41) is 1.02. The number of hydrogen-bond donors (Lipinski definition) is 1. The molecule has 0 radical (unpaired) electrons. The maximum absolute atomic E-state index is 5.89. The molecule has 1 fully saturated rings. The Balaban J connectivity index is 2.13. The van der Waals surface area contributed by atoms with E-state index in [1.807, 2.05) is 6.07 Å². The standard InChI is InChI=1S/C10H11Cl2NO2/c11-8-2-1-6(3-9(8)12)10-14-5-7(4-13)15-10/h1-3,7,10H,4-5,13H2. The third-order valence-corrected chi connectivity index (χ3v) is 2.97. The monoisotopic (exact) mass is 247 g/mol. The van der Waals surface area contributed by atoms with E-state index in [-0.39, 0.29) is 12.4 Å². The van der Waals surface area contributed by atoms with Crippen molar-refractivity contribution in [3.8, 4) is 0 Å². The van der Waals surface area contributed by atoms with Gasteiger partial charge in [0, 0.05) is 12.1 Å². The van der Waals surface area contributed by atoms with E-state index in [4.69, 9.17) is 38.4 Å². The highest BCUT2D eigenvalue weighted by molar-refractivity contribution is 6.42. The van der Waals surface area contributed by atoms with Crippen LogP contribution in [0.5, 0.6) is 0 Å². The zero-order valence-electron chi connectivity index (χ0n) is 7.95. The van der Waals surface area contributed by atoms with Crippen molar-refractivity contribution in [1.82, 2.24) is 0 Å². The second kappa shape index (κ2) is 4.68. The minimum atomic E-state index is -0.381. The number of rotatable bonds is 2. The first-order chi connectivity index (χ1) is 7.20. The summed E-state index contributed by atoms with van der Waals surface area (Å²) in [5.74, 6) is 0. The van der Waals surface area contributed by atoms with E-state index in [9.17, 15) is 0 Å². The predicted octanol–water partition coefficient (Wildman–Crippen LogP) is 2.37. The van der Waals surface area contributed by atoms with Crippen molar-refractivity contribution in [3.05, 3.63) is 33.8 Å². The van der Waals surface area contributed by atoms with Gasteiger partial charge in [0.25, 0.3) is 0 Å². The molecule has 0 amide bonds. The van der Waals surface area contributed by atoms with Gasteiger partial charge in [-0.15, -0.1) is 0 Å². The lowest BCUT2D eigenvalue weighted by Crippen LogP contribution is -2.21. The van der Waals surface area contributed by atoms with Crippen molar-refractivity contribution in [3.63, 3.8) is 0 Å². The smallest absolute Gasteiger partial charge is 0.184 e. The molecule has 2 N–H and O–H groups in total. The summed E-state index contributed by atoms with van der Waals surface area (Å²) in [4.78, 5) is 0. The van der Waals surface area contributed by atoms with E-state index < -0.39 is 0 Å². The minimum Gasteiger partial charge on any atom is -0.346 e. The van der Waals surface area contributed by atoms with Gasteiger partial charge in [-0.05, 0) is 12.1 Å². The van der Waals surface area contributed by atoms with Crippen LogP contribution in [0.3, 0.4) is 0 Å². The fourth-order valence-electron chi connectivity index (χ4n) is 1.41. The molecular weight excluding hydrogens is 237 g/mol. The lowest BCUT2D eigenvalue weighted by Gasteiger charge is -2.11. The second-order valence-corrected chi connectivity index (χ2v) is 4.15. The lowest BCUT2D eigenvalue weighted by atomic mass is 10.2. The van der Waals surface area contributed by atoms with Crippen LogP contribution in [-0.4, -0.2) is 19.3 Å². The Labute approximate surface area is 98.1 Å². The Bertz CT molecular complexity index is 359. The van der Waals surface area contributed by atoms with Crippen LogP contribution in [0.15, 0.2) is 18.2 Å².